The van der Waals surface area contributed by atoms with Crippen LogP contribution in [0.2, 0.25) is 0 Å². The molecule has 0 spiro atoms. The predicted molar refractivity (Wildman–Crippen MR) is 186 cm³/mol. The monoisotopic (exact) mass is 637 g/mol. The van der Waals surface area contributed by atoms with Gasteiger partial charge in [0.05, 0.1) is 4.92 Å². The van der Waals surface area contributed by atoms with E-state index in [1.54, 1.807) is 0 Å². The van der Waals surface area contributed by atoms with Crippen LogP contribution >= 0.6 is 0 Å². The molecule has 8 bridgehead atoms. The van der Waals surface area contributed by atoms with Gasteiger partial charge in [-0.2, -0.15) is 0 Å². The molecule has 47 heavy (non-hydrogen) atoms. The van der Waals surface area contributed by atoms with E-state index in [4.69, 9.17) is 0 Å². The topological polar surface area (TPSA) is 124 Å². The summed E-state index contributed by atoms with van der Waals surface area (Å²) in [6.45, 7) is 18.8. The van der Waals surface area contributed by atoms with Crippen molar-refractivity contribution < 1.29 is 25.3 Å². The summed E-state index contributed by atoms with van der Waals surface area (Å²) in [5, 5.41) is 58.9. The summed E-state index contributed by atoms with van der Waals surface area (Å²) in [5.74, 6) is 0.0621. The molecule has 4 aromatic rings. The maximum Gasteiger partial charge on any atom is 0.270 e. The Kier molecular flexibility index (Phi) is 8.36. The summed E-state index contributed by atoms with van der Waals surface area (Å²) in [4.78, 5) is 11.6. The first-order valence-electron chi connectivity index (χ1n) is 16.2. The molecule has 0 aromatic heterocycles. The van der Waals surface area contributed by atoms with Crippen molar-refractivity contribution in [2.75, 3.05) is 0 Å². The van der Waals surface area contributed by atoms with Crippen LogP contribution in [-0.4, -0.2) is 25.3 Å². The van der Waals surface area contributed by atoms with Crippen molar-refractivity contribution in [1.29, 1.82) is 0 Å². The number of rotatable bonds is 1. The van der Waals surface area contributed by atoms with Crippen LogP contribution in [0.15, 0.2) is 48.5 Å². The average molecular weight is 638 g/mol. The van der Waals surface area contributed by atoms with Gasteiger partial charge in [-0.05, 0) is 66.3 Å². The molecule has 0 radical (unpaired) electrons. The van der Waals surface area contributed by atoms with Crippen molar-refractivity contribution >= 4 is 5.69 Å². The Balaban J connectivity index is 1.88. The van der Waals surface area contributed by atoms with Gasteiger partial charge >= 0.3 is 0 Å². The van der Waals surface area contributed by atoms with Crippen molar-refractivity contribution in [2.45, 2.75) is 104 Å². The van der Waals surface area contributed by atoms with Gasteiger partial charge in [0.1, 0.15) is 23.0 Å². The second-order valence-electron chi connectivity index (χ2n) is 16.3. The fraction of sp³-hybridized carbons (Fsp3) is 0.400. The van der Waals surface area contributed by atoms with E-state index in [1.165, 1.54) is 12.1 Å². The largest absolute Gasteiger partial charge is 0.507 e. The molecule has 0 fully saturated rings. The van der Waals surface area contributed by atoms with Crippen molar-refractivity contribution in [1.82, 2.24) is 0 Å². The number of benzene rings is 4. The summed E-state index contributed by atoms with van der Waals surface area (Å²) in [6.07, 6.45) is 0.553. The third-order valence-corrected chi connectivity index (χ3v) is 9.39. The second kappa shape index (κ2) is 11.6. The Hall–Kier alpha value is -4.52. The number of aromatic hydroxyl groups is 4. The van der Waals surface area contributed by atoms with E-state index in [9.17, 15) is 30.5 Å². The zero-order valence-electron chi connectivity index (χ0n) is 29.0. The Labute approximate surface area is 277 Å². The van der Waals surface area contributed by atoms with Crippen molar-refractivity contribution in [3.05, 3.63) is 120 Å². The number of non-ortho nitro benzene ring substituents is 1. The standard InChI is InChI=1S/C40H47NO6/c1-38(2,3)30-14-22-10-24-16-31(39(4,5)6)18-26(35(24)43)12-28-20-33(41(46)47)21-29(37(28)45)13-27-19-32(40(7,8)9)17-25(36(27)44)11-23(15-30)34(22)42/h14-21,42-45H,10-13H2,1-9H3. The molecular weight excluding hydrogens is 590 g/mol. The normalized spacial score (nSPS) is 13.8. The number of nitro benzene ring substituents is 1. The van der Waals surface area contributed by atoms with Gasteiger partial charge in [-0.25, -0.2) is 0 Å². The summed E-state index contributed by atoms with van der Waals surface area (Å²) >= 11 is 0. The molecule has 7 nitrogen and oxygen atoms in total. The van der Waals surface area contributed by atoms with E-state index >= 15 is 0 Å². The van der Waals surface area contributed by atoms with Crippen LogP contribution in [0.4, 0.5) is 5.69 Å². The highest BCUT2D eigenvalue weighted by Gasteiger charge is 2.27. The zero-order chi connectivity index (χ0) is 34.8. The van der Waals surface area contributed by atoms with Crippen LogP contribution in [0.3, 0.4) is 0 Å². The molecule has 4 N–H and O–H groups in total. The zero-order valence-corrected chi connectivity index (χ0v) is 29.0. The van der Waals surface area contributed by atoms with E-state index in [0.29, 0.717) is 44.5 Å². The molecule has 0 saturated heterocycles. The van der Waals surface area contributed by atoms with Gasteiger partial charge < -0.3 is 20.4 Å². The summed E-state index contributed by atoms with van der Waals surface area (Å²) < 4.78 is 0. The lowest BCUT2D eigenvalue weighted by Crippen LogP contribution is -2.15. The van der Waals surface area contributed by atoms with Gasteiger partial charge in [-0.1, -0.05) is 98.7 Å². The maximum absolute atomic E-state index is 12.1. The minimum atomic E-state index is -0.486. The first-order valence-corrected chi connectivity index (χ1v) is 16.2. The first-order chi connectivity index (χ1) is 21.6. The number of phenolic OH excluding ortho intramolecular Hbond substituents is 4. The molecule has 0 amide bonds. The van der Waals surface area contributed by atoms with Crippen molar-refractivity contribution in [3.8, 4) is 23.0 Å². The van der Waals surface area contributed by atoms with Gasteiger partial charge in [0.15, 0.2) is 0 Å². The minimum Gasteiger partial charge on any atom is -0.507 e. The van der Waals surface area contributed by atoms with Crippen LogP contribution in [0, 0.1) is 10.1 Å². The molecule has 0 atom stereocenters. The van der Waals surface area contributed by atoms with E-state index in [2.05, 4.69) is 62.3 Å². The van der Waals surface area contributed by atoms with E-state index in [1.807, 2.05) is 36.4 Å². The van der Waals surface area contributed by atoms with Gasteiger partial charge in [-0.3, -0.25) is 10.1 Å². The third-order valence-electron chi connectivity index (χ3n) is 9.39. The molecular formula is C40H47NO6. The van der Waals surface area contributed by atoms with Crippen molar-refractivity contribution in [2.24, 2.45) is 0 Å². The molecule has 0 unspecified atom stereocenters. The molecule has 0 heterocycles. The molecule has 1 aliphatic carbocycles. The Morgan fingerprint density at radius 1 is 0.447 bits per heavy atom. The molecule has 0 saturated carbocycles. The Bertz CT molecular complexity index is 1780. The third kappa shape index (κ3) is 6.80. The number of phenols is 4. The van der Waals surface area contributed by atoms with Gasteiger partial charge in [0.2, 0.25) is 0 Å². The first kappa shape index (κ1) is 33.8. The van der Waals surface area contributed by atoms with Crippen LogP contribution in [0.5, 0.6) is 23.0 Å². The lowest BCUT2D eigenvalue weighted by atomic mass is 9.80. The van der Waals surface area contributed by atoms with Gasteiger partial charge in [-0.15, -0.1) is 0 Å². The van der Waals surface area contributed by atoms with E-state index in [0.717, 1.165) is 16.7 Å². The maximum atomic E-state index is 12.1. The fourth-order valence-electron chi connectivity index (χ4n) is 6.32. The molecule has 0 aliphatic heterocycles. The predicted octanol–water partition coefficient (Wildman–Crippen LogP) is 8.99. The average Bonchev–Trinajstić information content (AvgIpc) is 2.94. The van der Waals surface area contributed by atoms with Gasteiger partial charge in [0.25, 0.3) is 5.69 Å². The van der Waals surface area contributed by atoms with E-state index < -0.39 is 4.92 Å². The highest BCUT2D eigenvalue weighted by atomic mass is 16.6. The number of nitro groups is 1. The fourth-order valence-corrected chi connectivity index (χ4v) is 6.32. The SMILES string of the molecule is CC(C)(C)c1cc2c(O)c(c1)Cc1cc(C(C)(C)C)cc(c1O)Cc1cc(C(C)(C)C)cc(c1O)Cc1cc([N+](=O)[O-])cc(c1O)C2. The molecule has 4 aromatic carbocycles. The van der Waals surface area contributed by atoms with Crippen molar-refractivity contribution in [3.63, 3.8) is 0 Å². The Morgan fingerprint density at radius 3 is 0.809 bits per heavy atom. The molecule has 1 aliphatic rings. The number of hydrogen-bond donors (Lipinski definition) is 4. The highest BCUT2D eigenvalue weighted by Crippen LogP contribution is 2.42. The Morgan fingerprint density at radius 2 is 0.638 bits per heavy atom. The smallest absolute Gasteiger partial charge is 0.270 e. The summed E-state index contributed by atoms with van der Waals surface area (Å²) in [6, 6.07) is 14.4. The second-order valence-corrected chi connectivity index (χ2v) is 16.3. The number of fused-ring (bicyclic) bond motifs is 8. The number of nitrogens with zero attached hydrogens (tertiary/aromatic N) is 1. The summed E-state index contributed by atoms with van der Waals surface area (Å²) in [5.41, 5.74) is 6.09. The molecule has 248 valence electrons. The molecule has 7 heteroatoms. The van der Waals surface area contributed by atoms with Crippen LogP contribution in [0.25, 0.3) is 0 Å². The van der Waals surface area contributed by atoms with Gasteiger partial charge in [0, 0.05) is 48.9 Å². The van der Waals surface area contributed by atoms with Crippen LogP contribution in [0.1, 0.15) is 124 Å². The minimum absolute atomic E-state index is 0.0253. The highest BCUT2D eigenvalue weighted by molar-refractivity contribution is 5.59. The summed E-state index contributed by atoms with van der Waals surface area (Å²) in [7, 11) is 0. The quantitative estimate of drug-likeness (QED) is 0.107. The molecule has 5 rings (SSSR count). The van der Waals surface area contributed by atoms with Crippen LogP contribution in [-0.2, 0) is 41.9 Å². The van der Waals surface area contributed by atoms with E-state index in [-0.39, 0.29) is 70.6 Å². The number of hydrogen-bond acceptors (Lipinski definition) is 6. The lowest BCUT2D eigenvalue weighted by Gasteiger charge is -2.26. The van der Waals surface area contributed by atoms with Crippen LogP contribution < -0.4 is 0 Å². The lowest BCUT2D eigenvalue weighted by molar-refractivity contribution is -0.385.